The summed E-state index contributed by atoms with van der Waals surface area (Å²) >= 11 is 0. The summed E-state index contributed by atoms with van der Waals surface area (Å²) in [6, 6.07) is 1.75. The second-order valence-corrected chi connectivity index (χ2v) is 4.04. The lowest BCUT2D eigenvalue weighted by atomic mass is 10.5. The number of nitrogen functional groups attached to an aromatic ring is 1. The zero-order valence-corrected chi connectivity index (χ0v) is 11.8. The number of hydrogen-bond acceptors (Lipinski definition) is 8. The van der Waals surface area contributed by atoms with Crippen molar-refractivity contribution in [3.63, 3.8) is 0 Å². The zero-order chi connectivity index (χ0) is 15.2. The monoisotopic (exact) mass is 291 g/mol. The predicted molar refractivity (Wildman–Crippen MR) is 76.7 cm³/mol. The highest BCUT2D eigenvalue weighted by atomic mass is 16.1. The van der Waals surface area contributed by atoms with E-state index in [0.29, 0.717) is 18.4 Å². The first-order valence-corrected chi connectivity index (χ1v) is 6.36. The Morgan fingerprint density at radius 1 is 1.43 bits per heavy atom. The number of amides is 1. The third-order valence-corrected chi connectivity index (χ3v) is 2.73. The lowest BCUT2D eigenvalue weighted by Crippen LogP contribution is -2.37. The van der Waals surface area contributed by atoms with Crippen LogP contribution in [0.2, 0.25) is 0 Å². The first-order chi connectivity index (χ1) is 10.2. The van der Waals surface area contributed by atoms with Gasteiger partial charge in [0.1, 0.15) is 0 Å². The molecule has 0 unspecified atom stereocenters. The quantitative estimate of drug-likeness (QED) is 0.453. The van der Waals surface area contributed by atoms with Crippen LogP contribution in [0.3, 0.4) is 0 Å². The molecule has 0 saturated heterocycles. The van der Waals surface area contributed by atoms with Gasteiger partial charge in [-0.15, -0.1) is 0 Å². The number of carbonyl (C=O) groups is 1. The topological polar surface area (TPSA) is 127 Å². The molecule has 0 aliphatic heterocycles. The average Bonchev–Trinajstić information content (AvgIpc) is 3.06. The highest BCUT2D eigenvalue weighted by molar-refractivity contribution is 5.80. The normalized spacial score (nSPS) is 10.2. The number of nitrogens with two attached hydrogens (primary N) is 1. The SMILES string of the molecule is CCN(CC(=O)NC)c1nc(NN)nc(-n2cccn2)n1. The number of hydrogen-bond donors (Lipinski definition) is 3. The molecule has 0 spiro atoms. The molecule has 2 aromatic heterocycles. The Kier molecular flexibility index (Phi) is 4.61. The number of nitrogens with zero attached hydrogens (tertiary/aromatic N) is 6. The lowest BCUT2D eigenvalue weighted by Gasteiger charge is -2.20. The van der Waals surface area contributed by atoms with Gasteiger partial charge in [0.05, 0.1) is 6.54 Å². The Hall–Kier alpha value is -2.75. The fourth-order valence-electron chi connectivity index (χ4n) is 1.63. The molecule has 2 aromatic rings. The van der Waals surface area contributed by atoms with Crippen LogP contribution in [-0.4, -0.2) is 50.8 Å². The van der Waals surface area contributed by atoms with Crippen LogP contribution in [0.1, 0.15) is 6.92 Å². The van der Waals surface area contributed by atoms with Crippen molar-refractivity contribution in [2.45, 2.75) is 6.92 Å². The first-order valence-electron chi connectivity index (χ1n) is 6.36. The summed E-state index contributed by atoms with van der Waals surface area (Å²) in [5.41, 5.74) is 2.39. The maximum absolute atomic E-state index is 11.5. The smallest absolute Gasteiger partial charge is 0.257 e. The molecular weight excluding hydrogens is 274 g/mol. The molecule has 0 aromatic carbocycles. The summed E-state index contributed by atoms with van der Waals surface area (Å²) in [5.74, 6) is 6.09. The molecule has 0 saturated carbocycles. The van der Waals surface area contributed by atoms with E-state index in [2.05, 4.69) is 30.8 Å². The summed E-state index contributed by atoms with van der Waals surface area (Å²) in [5, 5.41) is 6.62. The third kappa shape index (κ3) is 3.42. The van der Waals surface area contributed by atoms with Gasteiger partial charge in [0.2, 0.25) is 17.8 Å². The molecular formula is C11H17N9O. The summed E-state index contributed by atoms with van der Waals surface area (Å²) in [4.78, 5) is 25.8. The van der Waals surface area contributed by atoms with Gasteiger partial charge in [-0.3, -0.25) is 10.2 Å². The van der Waals surface area contributed by atoms with Crippen LogP contribution >= 0.6 is 0 Å². The maximum atomic E-state index is 11.5. The van der Waals surface area contributed by atoms with E-state index in [4.69, 9.17) is 5.84 Å². The third-order valence-electron chi connectivity index (χ3n) is 2.73. The molecule has 2 rings (SSSR count). The van der Waals surface area contributed by atoms with Crippen molar-refractivity contribution in [1.82, 2.24) is 30.0 Å². The van der Waals surface area contributed by atoms with Crippen LogP contribution in [0.25, 0.3) is 5.95 Å². The minimum Gasteiger partial charge on any atom is -0.358 e. The molecule has 10 nitrogen and oxygen atoms in total. The molecule has 1 amide bonds. The number of likely N-dealkylation sites (N-methyl/N-ethyl adjacent to an activating group) is 2. The lowest BCUT2D eigenvalue weighted by molar-refractivity contribution is -0.119. The summed E-state index contributed by atoms with van der Waals surface area (Å²) in [7, 11) is 1.58. The Balaban J connectivity index is 2.37. The Bertz CT molecular complexity index is 598. The van der Waals surface area contributed by atoms with Gasteiger partial charge < -0.3 is 10.2 Å². The van der Waals surface area contributed by atoms with E-state index in [1.807, 2.05) is 6.92 Å². The van der Waals surface area contributed by atoms with Gasteiger partial charge in [-0.1, -0.05) is 0 Å². The van der Waals surface area contributed by atoms with E-state index >= 15 is 0 Å². The van der Waals surface area contributed by atoms with Crippen molar-refractivity contribution in [3.8, 4) is 5.95 Å². The van der Waals surface area contributed by atoms with Gasteiger partial charge in [-0.05, 0) is 13.0 Å². The molecule has 0 fully saturated rings. The number of anilines is 2. The summed E-state index contributed by atoms with van der Waals surface area (Å²) < 4.78 is 1.49. The molecule has 10 heteroatoms. The molecule has 0 aliphatic carbocycles. The van der Waals surface area contributed by atoms with Gasteiger partial charge in [0, 0.05) is 26.0 Å². The summed E-state index contributed by atoms with van der Waals surface area (Å²) in [6.45, 7) is 2.59. The van der Waals surface area contributed by atoms with Crippen LogP contribution < -0.4 is 21.5 Å². The van der Waals surface area contributed by atoms with E-state index in [0.717, 1.165) is 0 Å². The Morgan fingerprint density at radius 2 is 2.24 bits per heavy atom. The fraction of sp³-hybridized carbons (Fsp3) is 0.364. The highest BCUT2D eigenvalue weighted by Gasteiger charge is 2.15. The maximum Gasteiger partial charge on any atom is 0.257 e. The van der Waals surface area contributed by atoms with E-state index in [1.165, 1.54) is 4.68 Å². The molecule has 21 heavy (non-hydrogen) atoms. The number of carbonyl (C=O) groups excluding carboxylic acids is 1. The van der Waals surface area contributed by atoms with Crippen molar-refractivity contribution in [1.29, 1.82) is 0 Å². The number of nitrogens with one attached hydrogen (secondary N) is 2. The van der Waals surface area contributed by atoms with Crippen LogP contribution in [0.4, 0.5) is 11.9 Å². The molecule has 112 valence electrons. The van der Waals surface area contributed by atoms with Crippen molar-refractivity contribution >= 4 is 17.8 Å². The first kappa shape index (κ1) is 14.7. The van der Waals surface area contributed by atoms with Gasteiger partial charge in [-0.2, -0.15) is 20.1 Å². The van der Waals surface area contributed by atoms with E-state index in [-0.39, 0.29) is 18.4 Å². The van der Waals surface area contributed by atoms with Crippen LogP contribution in [0.15, 0.2) is 18.5 Å². The number of aromatic nitrogens is 5. The second kappa shape index (κ2) is 6.61. The molecule has 0 radical (unpaired) electrons. The molecule has 0 atom stereocenters. The van der Waals surface area contributed by atoms with E-state index in [1.54, 1.807) is 30.4 Å². The highest BCUT2D eigenvalue weighted by Crippen LogP contribution is 2.12. The largest absolute Gasteiger partial charge is 0.358 e. The van der Waals surface area contributed by atoms with Crippen molar-refractivity contribution in [2.75, 3.05) is 30.5 Å². The number of hydrazine groups is 1. The van der Waals surface area contributed by atoms with Crippen molar-refractivity contribution < 1.29 is 4.79 Å². The standard InChI is InChI=1S/C11H17N9O/c1-3-19(7-8(21)13-2)10-15-9(18-12)16-11(17-10)20-6-4-5-14-20/h4-6H,3,7,12H2,1-2H3,(H,13,21)(H,15,16,17,18). The van der Waals surface area contributed by atoms with Crippen molar-refractivity contribution in [2.24, 2.45) is 5.84 Å². The van der Waals surface area contributed by atoms with E-state index in [9.17, 15) is 4.79 Å². The van der Waals surface area contributed by atoms with Gasteiger partial charge >= 0.3 is 0 Å². The minimum atomic E-state index is -0.139. The van der Waals surface area contributed by atoms with Gasteiger partial charge in [-0.25, -0.2) is 10.5 Å². The van der Waals surface area contributed by atoms with Gasteiger partial charge in [0.15, 0.2) is 0 Å². The molecule has 2 heterocycles. The second-order valence-electron chi connectivity index (χ2n) is 4.04. The van der Waals surface area contributed by atoms with Crippen molar-refractivity contribution in [3.05, 3.63) is 18.5 Å². The number of rotatable bonds is 6. The fourth-order valence-corrected chi connectivity index (χ4v) is 1.63. The predicted octanol–water partition coefficient (Wildman–Crippen LogP) is -1.08. The molecule has 0 bridgehead atoms. The van der Waals surface area contributed by atoms with Crippen LogP contribution in [-0.2, 0) is 4.79 Å². The summed E-state index contributed by atoms with van der Waals surface area (Å²) in [6.07, 6.45) is 3.32. The minimum absolute atomic E-state index is 0.138. The molecule has 0 aliphatic rings. The Morgan fingerprint density at radius 3 is 2.81 bits per heavy atom. The Labute approximate surface area is 121 Å². The molecule has 4 N–H and O–H groups in total. The van der Waals surface area contributed by atoms with E-state index < -0.39 is 0 Å². The average molecular weight is 291 g/mol. The van der Waals surface area contributed by atoms with Crippen LogP contribution in [0.5, 0.6) is 0 Å². The zero-order valence-electron chi connectivity index (χ0n) is 11.8. The van der Waals surface area contributed by atoms with Gasteiger partial charge in [0.25, 0.3) is 5.95 Å². The van der Waals surface area contributed by atoms with Crippen LogP contribution in [0, 0.1) is 0 Å².